The van der Waals surface area contributed by atoms with Crippen LogP contribution in [-0.4, -0.2) is 42.8 Å². The zero-order valence-electron chi connectivity index (χ0n) is 15.1. The van der Waals surface area contributed by atoms with E-state index in [2.05, 4.69) is 47.1 Å². The fraction of sp³-hybridized carbons (Fsp3) is 0.350. The van der Waals surface area contributed by atoms with Gasteiger partial charge < -0.3 is 14.2 Å². The molecular formula is C20H23N3O2S. The minimum absolute atomic E-state index is 0.138. The Morgan fingerprint density at radius 1 is 1.27 bits per heavy atom. The highest BCUT2D eigenvalue weighted by Crippen LogP contribution is 2.33. The number of likely N-dealkylation sites (N-methyl/N-ethyl adjacent to an activating group) is 2. The Morgan fingerprint density at radius 3 is 2.96 bits per heavy atom. The SMILES string of the molecule is CCN1C[C@@H](CN(C)Cc2cc(-c3cccs3)on2)Oc2ccccc21. The third-order valence-corrected chi connectivity index (χ3v) is 5.46. The van der Waals surface area contributed by atoms with Crippen LogP contribution in [0.1, 0.15) is 12.6 Å². The van der Waals surface area contributed by atoms with Gasteiger partial charge in [0.05, 0.1) is 22.8 Å². The molecule has 0 fully saturated rings. The van der Waals surface area contributed by atoms with Crippen molar-refractivity contribution >= 4 is 17.0 Å². The molecule has 1 atom stereocenters. The Kier molecular flexibility index (Phi) is 4.95. The van der Waals surface area contributed by atoms with Crippen molar-refractivity contribution in [1.29, 1.82) is 0 Å². The molecule has 0 aliphatic carbocycles. The van der Waals surface area contributed by atoms with Crippen LogP contribution in [0.2, 0.25) is 0 Å². The molecule has 0 amide bonds. The van der Waals surface area contributed by atoms with E-state index in [4.69, 9.17) is 9.26 Å². The van der Waals surface area contributed by atoms with E-state index in [0.29, 0.717) is 0 Å². The fourth-order valence-electron chi connectivity index (χ4n) is 3.38. The first-order valence-electron chi connectivity index (χ1n) is 8.91. The summed E-state index contributed by atoms with van der Waals surface area (Å²) in [5, 5.41) is 6.25. The summed E-state index contributed by atoms with van der Waals surface area (Å²) in [5.41, 5.74) is 2.13. The zero-order chi connectivity index (χ0) is 17.9. The third-order valence-electron chi connectivity index (χ3n) is 4.58. The molecule has 3 aromatic rings. The van der Waals surface area contributed by atoms with Crippen molar-refractivity contribution in [2.24, 2.45) is 0 Å². The summed E-state index contributed by atoms with van der Waals surface area (Å²) in [6, 6.07) is 14.4. The second-order valence-corrected chi connectivity index (χ2v) is 7.55. The summed E-state index contributed by atoms with van der Waals surface area (Å²) < 4.78 is 11.7. The topological polar surface area (TPSA) is 41.7 Å². The van der Waals surface area contributed by atoms with E-state index in [1.54, 1.807) is 11.3 Å². The molecule has 136 valence electrons. The molecule has 0 bridgehead atoms. The highest BCUT2D eigenvalue weighted by molar-refractivity contribution is 7.13. The summed E-state index contributed by atoms with van der Waals surface area (Å²) in [6.07, 6.45) is 0.138. The first kappa shape index (κ1) is 17.1. The van der Waals surface area contributed by atoms with E-state index in [1.807, 2.05) is 29.6 Å². The molecule has 1 aromatic carbocycles. The number of benzene rings is 1. The summed E-state index contributed by atoms with van der Waals surface area (Å²) in [5.74, 6) is 1.81. The molecule has 1 aliphatic heterocycles. The van der Waals surface area contributed by atoms with E-state index in [-0.39, 0.29) is 6.10 Å². The molecule has 2 aromatic heterocycles. The van der Waals surface area contributed by atoms with Crippen LogP contribution in [0.3, 0.4) is 0 Å². The number of thiophene rings is 1. The lowest BCUT2D eigenvalue weighted by Gasteiger charge is -2.37. The van der Waals surface area contributed by atoms with E-state index < -0.39 is 0 Å². The van der Waals surface area contributed by atoms with Gasteiger partial charge in [0.15, 0.2) is 5.76 Å². The molecule has 3 heterocycles. The number of hydrogen-bond donors (Lipinski definition) is 0. The predicted molar refractivity (Wildman–Crippen MR) is 105 cm³/mol. The summed E-state index contributed by atoms with van der Waals surface area (Å²) >= 11 is 1.66. The Labute approximate surface area is 157 Å². The molecule has 1 aliphatic rings. The molecule has 0 N–H and O–H groups in total. The Balaban J connectivity index is 1.39. The highest BCUT2D eigenvalue weighted by Gasteiger charge is 2.25. The van der Waals surface area contributed by atoms with Crippen LogP contribution >= 0.6 is 11.3 Å². The Hall–Kier alpha value is -2.31. The second kappa shape index (κ2) is 7.51. The van der Waals surface area contributed by atoms with Gasteiger partial charge >= 0.3 is 0 Å². The van der Waals surface area contributed by atoms with Gasteiger partial charge in [-0.1, -0.05) is 23.4 Å². The van der Waals surface area contributed by atoms with Crippen molar-refractivity contribution in [3.8, 4) is 16.4 Å². The van der Waals surface area contributed by atoms with Gasteiger partial charge in [0.1, 0.15) is 11.9 Å². The van der Waals surface area contributed by atoms with Crippen LogP contribution in [-0.2, 0) is 6.54 Å². The second-order valence-electron chi connectivity index (χ2n) is 6.60. The lowest BCUT2D eigenvalue weighted by molar-refractivity contribution is 0.138. The average Bonchev–Trinajstić information content (AvgIpc) is 3.32. The number of nitrogens with zero attached hydrogens (tertiary/aromatic N) is 3. The molecule has 0 spiro atoms. The summed E-state index contributed by atoms with van der Waals surface area (Å²) in [4.78, 5) is 5.72. The normalized spacial score (nSPS) is 16.6. The van der Waals surface area contributed by atoms with Crippen LogP contribution in [0.4, 0.5) is 5.69 Å². The zero-order valence-corrected chi connectivity index (χ0v) is 15.9. The van der Waals surface area contributed by atoms with Crippen molar-refractivity contribution in [3.05, 3.63) is 53.5 Å². The van der Waals surface area contributed by atoms with E-state index in [0.717, 1.165) is 48.3 Å². The maximum absolute atomic E-state index is 6.21. The highest BCUT2D eigenvalue weighted by atomic mass is 32.1. The smallest absolute Gasteiger partial charge is 0.177 e. The third kappa shape index (κ3) is 3.61. The van der Waals surface area contributed by atoms with Gasteiger partial charge in [-0.25, -0.2) is 0 Å². The van der Waals surface area contributed by atoms with Crippen molar-refractivity contribution in [2.45, 2.75) is 19.6 Å². The Morgan fingerprint density at radius 2 is 2.15 bits per heavy atom. The van der Waals surface area contributed by atoms with Crippen LogP contribution in [0, 0.1) is 0 Å². The summed E-state index contributed by atoms with van der Waals surface area (Å²) in [7, 11) is 2.10. The van der Waals surface area contributed by atoms with Crippen molar-refractivity contribution in [3.63, 3.8) is 0 Å². The monoisotopic (exact) mass is 369 g/mol. The summed E-state index contributed by atoms with van der Waals surface area (Å²) in [6.45, 7) is 5.64. The molecular weight excluding hydrogens is 346 g/mol. The van der Waals surface area contributed by atoms with Crippen LogP contribution in [0.15, 0.2) is 52.4 Å². The van der Waals surface area contributed by atoms with Crippen LogP contribution < -0.4 is 9.64 Å². The molecule has 6 heteroatoms. The van der Waals surface area contributed by atoms with Gasteiger partial charge in [-0.15, -0.1) is 11.3 Å². The largest absolute Gasteiger partial charge is 0.485 e. The predicted octanol–water partition coefficient (Wildman–Crippen LogP) is 4.12. The van der Waals surface area contributed by atoms with Crippen molar-refractivity contribution < 1.29 is 9.26 Å². The molecule has 0 radical (unpaired) electrons. The quantitative estimate of drug-likeness (QED) is 0.654. The molecule has 0 unspecified atom stereocenters. The van der Waals surface area contributed by atoms with Gasteiger partial charge in [-0.2, -0.15) is 0 Å². The molecule has 0 saturated heterocycles. The van der Waals surface area contributed by atoms with E-state index >= 15 is 0 Å². The Bertz CT molecular complexity index is 846. The minimum Gasteiger partial charge on any atom is -0.485 e. The minimum atomic E-state index is 0.138. The molecule has 4 rings (SSSR count). The molecule has 0 saturated carbocycles. The molecule has 5 nitrogen and oxygen atoms in total. The van der Waals surface area contributed by atoms with Gasteiger partial charge in [0, 0.05) is 25.7 Å². The average molecular weight is 369 g/mol. The van der Waals surface area contributed by atoms with Gasteiger partial charge in [-0.3, -0.25) is 4.90 Å². The van der Waals surface area contributed by atoms with Crippen LogP contribution in [0.5, 0.6) is 5.75 Å². The maximum atomic E-state index is 6.21. The fourth-order valence-corrected chi connectivity index (χ4v) is 4.06. The van der Waals surface area contributed by atoms with Gasteiger partial charge in [0.25, 0.3) is 0 Å². The number of hydrogen-bond acceptors (Lipinski definition) is 6. The van der Waals surface area contributed by atoms with Crippen molar-refractivity contribution in [2.75, 3.05) is 31.6 Å². The van der Waals surface area contributed by atoms with Gasteiger partial charge in [-0.05, 0) is 37.6 Å². The number of rotatable bonds is 6. The van der Waals surface area contributed by atoms with E-state index in [9.17, 15) is 0 Å². The van der Waals surface area contributed by atoms with Crippen molar-refractivity contribution in [1.82, 2.24) is 10.1 Å². The number of para-hydroxylation sites is 2. The first-order chi connectivity index (χ1) is 12.7. The first-order valence-corrected chi connectivity index (χ1v) is 9.79. The number of fused-ring (bicyclic) bond motifs is 1. The number of anilines is 1. The lowest BCUT2D eigenvalue weighted by Crippen LogP contribution is -2.45. The van der Waals surface area contributed by atoms with Crippen LogP contribution in [0.25, 0.3) is 10.6 Å². The number of aromatic nitrogens is 1. The molecule has 26 heavy (non-hydrogen) atoms. The lowest BCUT2D eigenvalue weighted by atomic mass is 10.2. The van der Waals surface area contributed by atoms with Gasteiger partial charge in [0.2, 0.25) is 0 Å². The van der Waals surface area contributed by atoms with E-state index in [1.165, 1.54) is 5.69 Å². The maximum Gasteiger partial charge on any atom is 0.177 e. The standard InChI is InChI=1S/C20H23N3O2S/c1-3-23-14-16(24-18-8-5-4-7-17(18)23)13-22(2)12-15-11-19(25-21-15)20-9-6-10-26-20/h4-11,16H,3,12-14H2,1-2H3/t16-/m1/s1. The number of ether oxygens (including phenoxy) is 1.